The molecule has 0 aliphatic rings. The van der Waals surface area contributed by atoms with Crippen molar-refractivity contribution in [1.82, 2.24) is 0 Å². The SMILES string of the molecule is CC(C)C(C(/C=C/C=O)=C(c1ccc(F)cc1)c1ccc(F)cc1)C(C)C. The molecule has 0 aliphatic carbocycles. The van der Waals surface area contributed by atoms with Gasteiger partial charge in [0.05, 0.1) is 0 Å². The van der Waals surface area contributed by atoms with E-state index in [9.17, 15) is 13.6 Å². The van der Waals surface area contributed by atoms with Crippen LogP contribution >= 0.6 is 0 Å². The first kappa shape index (κ1) is 20.8. The van der Waals surface area contributed by atoms with Gasteiger partial charge in [-0.1, -0.05) is 58.0 Å². The molecule has 142 valence electrons. The number of allylic oxidation sites excluding steroid dienone is 3. The van der Waals surface area contributed by atoms with Gasteiger partial charge >= 0.3 is 0 Å². The van der Waals surface area contributed by atoms with Gasteiger partial charge in [0.1, 0.15) is 17.9 Å². The van der Waals surface area contributed by atoms with Gasteiger partial charge in [-0.2, -0.15) is 0 Å². The van der Waals surface area contributed by atoms with Gasteiger partial charge in [-0.25, -0.2) is 8.78 Å². The fourth-order valence-electron chi connectivity index (χ4n) is 3.73. The van der Waals surface area contributed by atoms with Gasteiger partial charge in [0.15, 0.2) is 0 Å². The van der Waals surface area contributed by atoms with E-state index < -0.39 is 0 Å². The van der Waals surface area contributed by atoms with Crippen molar-refractivity contribution in [3.05, 3.63) is 89.0 Å². The molecule has 0 unspecified atom stereocenters. The van der Waals surface area contributed by atoms with Gasteiger partial charge in [-0.3, -0.25) is 4.79 Å². The van der Waals surface area contributed by atoms with Gasteiger partial charge in [0, 0.05) is 0 Å². The fraction of sp³-hybridized carbons (Fsp3) is 0.292. The van der Waals surface area contributed by atoms with Crippen LogP contribution in [0.1, 0.15) is 38.8 Å². The van der Waals surface area contributed by atoms with Gasteiger partial charge in [-0.15, -0.1) is 0 Å². The zero-order chi connectivity index (χ0) is 20.0. The summed E-state index contributed by atoms with van der Waals surface area (Å²) in [4.78, 5) is 11.0. The van der Waals surface area contributed by atoms with Crippen LogP contribution in [0.5, 0.6) is 0 Å². The van der Waals surface area contributed by atoms with Gasteiger partial charge < -0.3 is 0 Å². The second-order valence-electron chi connectivity index (χ2n) is 7.35. The number of aldehydes is 1. The number of carbonyl (C=O) groups excluding carboxylic acids is 1. The lowest BCUT2D eigenvalue weighted by atomic mass is 9.75. The van der Waals surface area contributed by atoms with Crippen LogP contribution in [0.2, 0.25) is 0 Å². The first-order valence-corrected chi connectivity index (χ1v) is 9.23. The molecule has 3 heteroatoms. The second kappa shape index (κ2) is 9.40. The summed E-state index contributed by atoms with van der Waals surface area (Å²) in [6, 6.07) is 12.6. The molecule has 0 fully saturated rings. The average molecular weight is 368 g/mol. The van der Waals surface area contributed by atoms with Gasteiger partial charge in [-0.05, 0) is 70.4 Å². The molecule has 0 radical (unpaired) electrons. The van der Waals surface area contributed by atoms with Crippen LogP contribution < -0.4 is 0 Å². The maximum atomic E-state index is 13.5. The normalized spacial score (nSPS) is 11.6. The zero-order valence-corrected chi connectivity index (χ0v) is 16.2. The minimum Gasteiger partial charge on any atom is -0.299 e. The highest BCUT2D eigenvalue weighted by Gasteiger charge is 2.24. The lowest BCUT2D eigenvalue weighted by molar-refractivity contribution is -0.104. The quantitative estimate of drug-likeness (QED) is 0.312. The van der Waals surface area contributed by atoms with Gasteiger partial charge in [0.25, 0.3) is 0 Å². The number of carbonyl (C=O) groups is 1. The molecule has 0 atom stereocenters. The third-order valence-electron chi connectivity index (χ3n) is 4.70. The van der Waals surface area contributed by atoms with E-state index in [1.807, 2.05) is 6.08 Å². The van der Waals surface area contributed by atoms with Crippen molar-refractivity contribution in [2.45, 2.75) is 27.7 Å². The minimum absolute atomic E-state index is 0.173. The van der Waals surface area contributed by atoms with Crippen LogP contribution in [0.25, 0.3) is 5.57 Å². The van der Waals surface area contributed by atoms with E-state index in [-0.39, 0.29) is 17.6 Å². The number of benzene rings is 2. The Hall–Kier alpha value is -2.55. The third kappa shape index (κ3) is 5.22. The molecule has 2 rings (SSSR count). The molecule has 2 aromatic carbocycles. The molecule has 0 amide bonds. The summed E-state index contributed by atoms with van der Waals surface area (Å²) in [5.41, 5.74) is 3.55. The van der Waals surface area contributed by atoms with Crippen molar-refractivity contribution in [2.24, 2.45) is 17.8 Å². The molecule has 0 heterocycles. The number of hydrogen-bond acceptors (Lipinski definition) is 1. The average Bonchev–Trinajstić information content (AvgIpc) is 2.62. The molecule has 0 bridgehead atoms. The summed E-state index contributed by atoms with van der Waals surface area (Å²) in [5, 5.41) is 0. The molecular formula is C24H26F2O. The van der Waals surface area contributed by atoms with Crippen molar-refractivity contribution in [2.75, 3.05) is 0 Å². The van der Waals surface area contributed by atoms with Crippen LogP contribution in [0.3, 0.4) is 0 Å². The van der Waals surface area contributed by atoms with Crippen molar-refractivity contribution in [3.8, 4) is 0 Å². The Balaban J connectivity index is 2.84. The Morgan fingerprint density at radius 1 is 0.778 bits per heavy atom. The van der Waals surface area contributed by atoms with E-state index >= 15 is 0 Å². The molecule has 0 aromatic heterocycles. The van der Waals surface area contributed by atoms with Crippen LogP contribution in [-0.4, -0.2) is 6.29 Å². The van der Waals surface area contributed by atoms with E-state index in [2.05, 4.69) is 27.7 Å². The van der Waals surface area contributed by atoms with E-state index in [4.69, 9.17) is 0 Å². The predicted molar refractivity (Wildman–Crippen MR) is 107 cm³/mol. The number of rotatable bonds is 7. The molecule has 0 spiro atoms. The summed E-state index contributed by atoms with van der Waals surface area (Å²) in [5.74, 6) is 0.198. The lowest BCUT2D eigenvalue weighted by Crippen LogP contribution is -2.19. The van der Waals surface area contributed by atoms with Crippen molar-refractivity contribution in [3.63, 3.8) is 0 Å². The van der Waals surface area contributed by atoms with E-state index in [0.29, 0.717) is 11.8 Å². The summed E-state index contributed by atoms with van der Waals surface area (Å²) in [6.07, 6.45) is 4.07. The predicted octanol–water partition coefficient (Wildman–Crippen LogP) is 6.45. The molecule has 0 N–H and O–H groups in total. The lowest BCUT2D eigenvalue weighted by Gasteiger charge is -2.29. The topological polar surface area (TPSA) is 17.1 Å². The summed E-state index contributed by atoms with van der Waals surface area (Å²) < 4.78 is 27.0. The first-order chi connectivity index (χ1) is 12.8. The largest absolute Gasteiger partial charge is 0.299 e. The molecule has 0 aliphatic heterocycles. The summed E-state index contributed by atoms with van der Waals surface area (Å²) in [6.45, 7) is 8.58. The van der Waals surface area contributed by atoms with Gasteiger partial charge in [0.2, 0.25) is 0 Å². The standard InChI is InChI=1S/C24H26F2O/c1-16(2)23(17(3)4)22(6-5-15-27)24(18-7-11-20(25)12-8-18)19-9-13-21(26)14-10-19/h5-17,23H,1-4H3/b6-5+. The maximum absolute atomic E-state index is 13.5. The van der Waals surface area contributed by atoms with Crippen molar-refractivity contribution < 1.29 is 13.6 Å². The smallest absolute Gasteiger partial charge is 0.142 e. The molecule has 27 heavy (non-hydrogen) atoms. The van der Waals surface area contributed by atoms with Crippen LogP contribution in [0.15, 0.2) is 66.3 Å². The molecular weight excluding hydrogens is 342 g/mol. The highest BCUT2D eigenvalue weighted by Crippen LogP contribution is 2.38. The van der Waals surface area contributed by atoms with Crippen LogP contribution in [-0.2, 0) is 4.79 Å². The van der Waals surface area contributed by atoms with Crippen molar-refractivity contribution >= 4 is 11.9 Å². The van der Waals surface area contributed by atoms with Crippen LogP contribution in [0, 0.1) is 29.4 Å². The minimum atomic E-state index is -0.313. The van der Waals surface area contributed by atoms with E-state index in [1.54, 1.807) is 24.3 Å². The number of hydrogen-bond donors (Lipinski definition) is 0. The Morgan fingerprint density at radius 3 is 1.52 bits per heavy atom. The zero-order valence-electron chi connectivity index (χ0n) is 16.2. The summed E-state index contributed by atoms with van der Waals surface area (Å²) >= 11 is 0. The third-order valence-corrected chi connectivity index (χ3v) is 4.70. The van der Waals surface area contributed by atoms with Crippen molar-refractivity contribution in [1.29, 1.82) is 0 Å². The van der Waals surface area contributed by atoms with E-state index in [0.717, 1.165) is 28.6 Å². The monoisotopic (exact) mass is 368 g/mol. The molecule has 2 aromatic rings. The highest BCUT2D eigenvalue weighted by atomic mass is 19.1. The van der Waals surface area contributed by atoms with Crippen LogP contribution in [0.4, 0.5) is 8.78 Å². The Kier molecular flexibility index (Phi) is 7.23. The Bertz CT molecular complexity index is 757. The highest BCUT2D eigenvalue weighted by molar-refractivity contribution is 5.84. The molecule has 0 saturated carbocycles. The first-order valence-electron chi connectivity index (χ1n) is 9.23. The Morgan fingerprint density at radius 2 is 1.19 bits per heavy atom. The van der Waals surface area contributed by atoms with E-state index in [1.165, 1.54) is 30.3 Å². The molecule has 0 saturated heterocycles. The molecule has 1 nitrogen and oxygen atoms in total. The Labute approximate surface area is 160 Å². The second-order valence-corrected chi connectivity index (χ2v) is 7.35. The fourth-order valence-corrected chi connectivity index (χ4v) is 3.73. The number of halogens is 2. The maximum Gasteiger partial charge on any atom is 0.142 e. The summed E-state index contributed by atoms with van der Waals surface area (Å²) in [7, 11) is 0.